The number of hydrogen-bond donors (Lipinski definition) is 0. The lowest BCUT2D eigenvalue weighted by molar-refractivity contribution is 0.659. The van der Waals surface area contributed by atoms with E-state index >= 15 is 0 Å². The van der Waals surface area contributed by atoms with Crippen LogP contribution in [0.3, 0.4) is 0 Å². The van der Waals surface area contributed by atoms with Crippen LogP contribution < -0.4 is 4.90 Å². The van der Waals surface area contributed by atoms with Gasteiger partial charge in [-0.2, -0.15) is 0 Å². The summed E-state index contributed by atoms with van der Waals surface area (Å²) in [4.78, 5) is 2.58. The fourth-order valence-electron chi connectivity index (χ4n) is 9.15. The van der Waals surface area contributed by atoms with E-state index in [9.17, 15) is 0 Å². The molecule has 0 spiro atoms. The Kier molecular flexibility index (Phi) is 7.72. The van der Waals surface area contributed by atoms with Crippen LogP contribution in [0.4, 0.5) is 17.1 Å². The second-order valence-electron chi connectivity index (χ2n) is 14.7. The van der Waals surface area contributed by atoms with Gasteiger partial charge >= 0.3 is 0 Å². The van der Waals surface area contributed by atoms with Gasteiger partial charge in [-0.05, 0) is 110 Å². The van der Waals surface area contributed by atoms with Crippen LogP contribution >= 0.6 is 0 Å². The molecule has 0 bridgehead atoms. The van der Waals surface area contributed by atoms with Gasteiger partial charge in [-0.25, -0.2) is 0 Å². The van der Waals surface area contributed by atoms with Crippen molar-refractivity contribution in [2.45, 2.75) is 43.9 Å². The standard InChI is InChI=1S/C51H41N/c1-4-15-38-32-41(26-24-35(38)12-1)44-18-7-9-20-48-47(44)22-11-23-50(48)52(43-29-28-37-14-3-6-17-40(37)34-43)51-31-30-45(46-19-8-10-21-49(46)51)42-27-25-36-13-2-5-16-39(36)33-42/h1-6,8,10-17,19,21-32,34,42,44H,7,9,18,20,33H2. The average Bonchev–Trinajstić information content (AvgIpc) is 3.44. The quantitative estimate of drug-likeness (QED) is 0.165. The van der Waals surface area contributed by atoms with Crippen molar-refractivity contribution in [1.82, 2.24) is 0 Å². The molecule has 52 heavy (non-hydrogen) atoms. The molecule has 0 aliphatic heterocycles. The van der Waals surface area contributed by atoms with Crippen molar-refractivity contribution in [1.29, 1.82) is 0 Å². The number of anilines is 3. The highest BCUT2D eigenvalue weighted by Gasteiger charge is 2.27. The molecular formula is C51H41N. The first kappa shape index (κ1) is 30.9. The van der Waals surface area contributed by atoms with Gasteiger partial charge in [0, 0.05) is 28.6 Å². The van der Waals surface area contributed by atoms with Crippen LogP contribution in [-0.4, -0.2) is 0 Å². The van der Waals surface area contributed by atoms with Crippen LogP contribution in [0, 0.1) is 0 Å². The van der Waals surface area contributed by atoms with E-state index in [0.717, 1.165) is 12.8 Å². The zero-order valence-corrected chi connectivity index (χ0v) is 29.4. The molecule has 0 aromatic heterocycles. The maximum atomic E-state index is 2.58. The molecule has 10 rings (SSSR count). The van der Waals surface area contributed by atoms with Gasteiger partial charge in [0.05, 0.1) is 5.69 Å². The van der Waals surface area contributed by atoms with Gasteiger partial charge in [-0.3, -0.25) is 0 Å². The normalized spacial score (nSPS) is 16.8. The Bertz CT molecular complexity index is 2640. The number of hydrogen-bond acceptors (Lipinski definition) is 1. The fraction of sp³-hybridized carbons (Fsp3) is 0.137. The third kappa shape index (κ3) is 5.40. The molecule has 2 unspecified atom stereocenters. The molecule has 0 amide bonds. The molecular weight excluding hydrogens is 627 g/mol. The lowest BCUT2D eigenvalue weighted by Gasteiger charge is -2.32. The van der Waals surface area contributed by atoms with E-state index in [0.29, 0.717) is 11.8 Å². The van der Waals surface area contributed by atoms with E-state index in [2.05, 4.69) is 181 Å². The topological polar surface area (TPSA) is 3.24 Å². The van der Waals surface area contributed by atoms with E-state index in [1.54, 1.807) is 0 Å². The average molecular weight is 668 g/mol. The zero-order chi connectivity index (χ0) is 34.4. The Balaban J connectivity index is 1.16. The highest BCUT2D eigenvalue weighted by Crippen LogP contribution is 2.47. The number of allylic oxidation sites excluding steroid dienone is 1. The summed E-state index contributed by atoms with van der Waals surface area (Å²) in [5, 5.41) is 7.77. The summed E-state index contributed by atoms with van der Waals surface area (Å²) in [5.41, 5.74) is 12.3. The van der Waals surface area contributed by atoms with Crippen molar-refractivity contribution in [2.24, 2.45) is 0 Å². The van der Waals surface area contributed by atoms with Gasteiger partial charge < -0.3 is 4.90 Å². The van der Waals surface area contributed by atoms with Crippen LogP contribution in [0.5, 0.6) is 0 Å². The predicted molar refractivity (Wildman–Crippen MR) is 221 cm³/mol. The summed E-state index contributed by atoms with van der Waals surface area (Å²) in [6.45, 7) is 0. The van der Waals surface area contributed by atoms with E-state index in [1.807, 2.05) is 0 Å². The van der Waals surface area contributed by atoms with Crippen molar-refractivity contribution in [2.75, 3.05) is 4.90 Å². The Morgan fingerprint density at radius 1 is 0.500 bits per heavy atom. The zero-order valence-electron chi connectivity index (χ0n) is 29.4. The van der Waals surface area contributed by atoms with Crippen molar-refractivity contribution in [3.05, 3.63) is 203 Å². The molecule has 8 aromatic carbocycles. The van der Waals surface area contributed by atoms with E-state index < -0.39 is 0 Å². The Labute approximate surface area is 306 Å². The van der Waals surface area contributed by atoms with Gasteiger partial charge in [-0.1, -0.05) is 158 Å². The molecule has 0 radical (unpaired) electrons. The van der Waals surface area contributed by atoms with Crippen molar-refractivity contribution < 1.29 is 0 Å². The van der Waals surface area contributed by atoms with Gasteiger partial charge in [-0.15, -0.1) is 0 Å². The summed E-state index contributed by atoms with van der Waals surface area (Å²) in [7, 11) is 0. The first-order chi connectivity index (χ1) is 25.8. The highest BCUT2D eigenvalue weighted by atomic mass is 15.1. The third-order valence-electron chi connectivity index (χ3n) is 11.7. The predicted octanol–water partition coefficient (Wildman–Crippen LogP) is 13.8. The maximum Gasteiger partial charge on any atom is 0.0540 e. The lowest BCUT2D eigenvalue weighted by Crippen LogP contribution is -2.15. The largest absolute Gasteiger partial charge is 0.310 e. The van der Waals surface area contributed by atoms with Crippen molar-refractivity contribution >= 4 is 55.5 Å². The number of fused-ring (bicyclic) bond motifs is 5. The van der Waals surface area contributed by atoms with Crippen LogP contribution in [-0.2, 0) is 12.8 Å². The molecule has 250 valence electrons. The molecule has 1 nitrogen and oxygen atoms in total. The summed E-state index contributed by atoms with van der Waals surface area (Å²) < 4.78 is 0. The summed E-state index contributed by atoms with van der Waals surface area (Å²) >= 11 is 0. The van der Waals surface area contributed by atoms with E-state index in [4.69, 9.17) is 0 Å². The van der Waals surface area contributed by atoms with Gasteiger partial charge in [0.25, 0.3) is 0 Å². The number of rotatable bonds is 5. The molecule has 0 N–H and O–H groups in total. The Hall–Kier alpha value is -5.92. The summed E-state index contributed by atoms with van der Waals surface area (Å²) in [6, 6.07) is 61.5. The number of nitrogens with zero attached hydrogens (tertiary/aromatic N) is 1. The van der Waals surface area contributed by atoms with E-state index in [-0.39, 0.29) is 0 Å². The van der Waals surface area contributed by atoms with Crippen LogP contribution in [0.25, 0.3) is 38.4 Å². The molecule has 0 heterocycles. The molecule has 0 saturated carbocycles. The monoisotopic (exact) mass is 667 g/mol. The Morgan fingerprint density at radius 3 is 2.10 bits per heavy atom. The second kappa shape index (κ2) is 13.0. The van der Waals surface area contributed by atoms with Gasteiger partial charge in [0.15, 0.2) is 0 Å². The maximum absolute atomic E-state index is 2.58. The fourth-order valence-corrected chi connectivity index (χ4v) is 9.15. The molecule has 2 atom stereocenters. The minimum absolute atomic E-state index is 0.332. The molecule has 8 aromatic rings. The summed E-state index contributed by atoms with van der Waals surface area (Å²) in [5.74, 6) is 0.694. The third-order valence-corrected chi connectivity index (χ3v) is 11.7. The molecule has 0 fully saturated rings. The minimum atomic E-state index is 0.332. The SMILES string of the molecule is C1=CC(c2ccc(N(c3ccc4ccccc4c3)c3cccc4c3CCCCC4c3ccc4ccccc4c3)c3ccccc23)Cc2ccccc21. The molecule has 1 heteroatoms. The van der Waals surface area contributed by atoms with Crippen LogP contribution in [0.2, 0.25) is 0 Å². The second-order valence-corrected chi connectivity index (χ2v) is 14.7. The first-order valence-corrected chi connectivity index (χ1v) is 19.0. The minimum Gasteiger partial charge on any atom is -0.310 e. The highest BCUT2D eigenvalue weighted by molar-refractivity contribution is 6.02. The first-order valence-electron chi connectivity index (χ1n) is 19.0. The molecule has 2 aliphatic carbocycles. The number of benzene rings is 8. The van der Waals surface area contributed by atoms with Crippen LogP contribution in [0.1, 0.15) is 64.5 Å². The van der Waals surface area contributed by atoms with Crippen molar-refractivity contribution in [3.8, 4) is 0 Å². The van der Waals surface area contributed by atoms with E-state index in [1.165, 1.54) is 102 Å². The van der Waals surface area contributed by atoms with Gasteiger partial charge in [0.2, 0.25) is 0 Å². The van der Waals surface area contributed by atoms with Crippen molar-refractivity contribution in [3.63, 3.8) is 0 Å². The lowest BCUT2D eigenvalue weighted by atomic mass is 9.83. The smallest absolute Gasteiger partial charge is 0.0540 e. The van der Waals surface area contributed by atoms with Gasteiger partial charge in [0.1, 0.15) is 0 Å². The van der Waals surface area contributed by atoms with Crippen LogP contribution in [0.15, 0.2) is 170 Å². The molecule has 2 aliphatic rings. The molecule has 0 saturated heterocycles. The summed E-state index contributed by atoms with van der Waals surface area (Å²) in [6.07, 6.45) is 10.4. The Morgan fingerprint density at radius 2 is 1.23 bits per heavy atom.